The van der Waals surface area contributed by atoms with Crippen LogP contribution >= 0.6 is 0 Å². The molecule has 0 radical (unpaired) electrons. The number of rotatable bonds is 7. The molecule has 0 spiro atoms. The van der Waals surface area contributed by atoms with Crippen LogP contribution in [-0.2, 0) is 17.5 Å². The predicted octanol–water partition coefficient (Wildman–Crippen LogP) is 6.40. The third kappa shape index (κ3) is 7.59. The highest BCUT2D eigenvalue weighted by atomic mass is 19.4. The molecule has 1 heterocycles. The van der Waals surface area contributed by atoms with Crippen LogP contribution in [0, 0.1) is 0 Å². The van der Waals surface area contributed by atoms with Crippen molar-refractivity contribution in [1.82, 2.24) is 15.1 Å². The Balaban J connectivity index is 1.60. The number of aromatic nitrogens is 2. The van der Waals surface area contributed by atoms with Gasteiger partial charge in [0.25, 0.3) is 5.91 Å². The number of ether oxygens (including phenoxy) is 1. The van der Waals surface area contributed by atoms with Crippen molar-refractivity contribution in [3.8, 4) is 5.69 Å². The fourth-order valence-corrected chi connectivity index (χ4v) is 3.85. The van der Waals surface area contributed by atoms with E-state index in [0.717, 1.165) is 4.68 Å². The lowest BCUT2D eigenvalue weighted by Crippen LogP contribution is -2.32. The van der Waals surface area contributed by atoms with E-state index in [0.29, 0.717) is 22.8 Å². The number of amides is 2. The van der Waals surface area contributed by atoms with Crippen molar-refractivity contribution in [3.63, 3.8) is 0 Å². The second-order valence-corrected chi connectivity index (χ2v) is 10.1. The fraction of sp³-hybridized carbons (Fsp3) is 0.200. The number of carbonyl (C=O) groups excluding carboxylic acids is 3. The molecule has 0 bridgehead atoms. The van der Waals surface area contributed by atoms with E-state index >= 15 is 0 Å². The SMILES string of the molecule is CC(C)(C)OC(=O)NCc1cccc(-n2nc(C(F)(F)F)cc2C(=O)Nc2cccc(C(=O)c3ccccc3)c2)c1. The van der Waals surface area contributed by atoms with Gasteiger partial charge in [-0.2, -0.15) is 18.3 Å². The van der Waals surface area contributed by atoms with Gasteiger partial charge in [-0.3, -0.25) is 9.59 Å². The molecular weight excluding hydrogens is 537 g/mol. The van der Waals surface area contributed by atoms with Gasteiger partial charge in [0, 0.05) is 29.4 Å². The maximum absolute atomic E-state index is 13.6. The van der Waals surface area contributed by atoms with E-state index in [1.54, 1.807) is 75.4 Å². The fourth-order valence-electron chi connectivity index (χ4n) is 3.85. The van der Waals surface area contributed by atoms with Crippen molar-refractivity contribution in [1.29, 1.82) is 0 Å². The third-order valence-electron chi connectivity index (χ3n) is 5.64. The molecule has 1 aromatic heterocycles. The zero-order valence-corrected chi connectivity index (χ0v) is 22.5. The summed E-state index contributed by atoms with van der Waals surface area (Å²) in [6, 6.07) is 21.5. The van der Waals surface area contributed by atoms with Gasteiger partial charge in [-0.25, -0.2) is 9.48 Å². The summed E-state index contributed by atoms with van der Waals surface area (Å²) in [5.41, 5.74) is -0.673. The number of ketones is 1. The summed E-state index contributed by atoms with van der Waals surface area (Å²) in [4.78, 5) is 38.1. The van der Waals surface area contributed by atoms with Crippen LogP contribution in [0.25, 0.3) is 5.69 Å². The Labute approximate surface area is 234 Å². The summed E-state index contributed by atoms with van der Waals surface area (Å²) in [6.45, 7) is 5.17. The number of nitrogens with one attached hydrogen (secondary N) is 2. The number of alkyl carbamates (subject to hydrolysis) is 1. The van der Waals surface area contributed by atoms with Crippen LogP contribution in [0.2, 0.25) is 0 Å². The van der Waals surface area contributed by atoms with Crippen LogP contribution in [-0.4, -0.2) is 33.2 Å². The molecule has 3 aromatic carbocycles. The highest BCUT2D eigenvalue weighted by Crippen LogP contribution is 2.30. The summed E-state index contributed by atoms with van der Waals surface area (Å²) < 4.78 is 46.9. The van der Waals surface area contributed by atoms with Crippen LogP contribution in [0.5, 0.6) is 0 Å². The Morgan fingerprint density at radius 3 is 2.22 bits per heavy atom. The molecule has 0 saturated heterocycles. The number of hydrogen-bond acceptors (Lipinski definition) is 5. The van der Waals surface area contributed by atoms with Crippen molar-refractivity contribution in [3.05, 3.63) is 113 Å². The highest BCUT2D eigenvalue weighted by Gasteiger charge is 2.36. The molecule has 0 aliphatic carbocycles. The van der Waals surface area contributed by atoms with Gasteiger partial charge >= 0.3 is 12.3 Å². The number of hydrogen-bond donors (Lipinski definition) is 2. The number of nitrogens with zero attached hydrogens (tertiary/aromatic N) is 2. The minimum absolute atomic E-state index is 0.0277. The van der Waals surface area contributed by atoms with E-state index in [2.05, 4.69) is 15.7 Å². The minimum Gasteiger partial charge on any atom is -0.444 e. The van der Waals surface area contributed by atoms with Crippen molar-refractivity contribution < 1.29 is 32.3 Å². The number of benzene rings is 3. The summed E-state index contributed by atoms with van der Waals surface area (Å²) in [6.07, 6.45) is -5.47. The van der Waals surface area contributed by atoms with Gasteiger partial charge in [0.15, 0.2) is 11.5 Å². The van der Waals surface area contributed by atoms with Gasteiger partial charge < -0.3 is 15.4 Å². The molecule has 8 nitrogen and oxygen atoms in total. The molecule has 0 unspecified atom stereocenters. The van der Waals surface area contributed by atoms with E-state index in [4.69, 9.17) is 4.74 Å². The van der Waals surface area contributed by atoms with Crippen LogP contribution < -0.4 is 10.6 Å². The second kappa shape index (κ2) is 11.7. The maximum Gasteiger partial charge on any atom is 0.435 e. The molecule has 4 aromatic rings. The number of halogens is 3. The first-order valence-corrected chi connectivity index (χ1v) is 12.5. The molecule has 0 aliphatic heterocycles. The molecule has 2 N–H and O–H groups in total. The quantitative estimate of drug-likeness (QED) is 0.253. The zero-order chi connectivity index (χ0) is 29.8. The molecule has 0 aliphatic rings. The first-order chi connectivity index (χ1) is 19.3. The first kappa shape index (κ1) is 29.1. The Hall–Kier alpha value is -4.93. The Bertz CT molecular complexity index is 1570. The first-order valence-electron chi connectivity index (χ1n) is 12.5. The van der Waals surface area contributed by atoms with Crippen molar-refractivity contribution >= 4 is 23.5 Å². The molecule has 4 rings (SSSR count). The Morgan fingerprint density at radius 1 is 0.854 bits per heavy atom. The normalized spacial score (nSPS) is 11.6. The maximum atomic E-state index is 13.6. The van der Waals surface area contributed by atoms with Crippen molar-refractivity contribution in [2.75, 3.05) is 5.32 Å². The lowest BCUT2D eigenvalue weighted by molar-refractivity contribution is -0.141. The summed E-state index contributed by atoms with van der Waals surface area (Å²) in [7, 11) is 0. The topological polar surface area (TPSA) is 102 Å². The summed E-state index contributed by atoms with van der Waals surface area (Å²) in [5.74, 6) is -1.14. The molecule has 11 heteroatoms. The molecule has 0 saturated carbocycles. The Kier molecular flexibility index (Phi) is 8.27. The van der Waals surface area contributed by atoms with E-state index in [1.165, 1.54) is 24.3 Å². The average Bonchev–Trinajstić information content (AvgIpc) is 3.38. The minimum atomic E-state index is -4.81. The average molecular weight is 565 g/mol. The second-order valence-electron chi connectivity index (χ2n) is 10.1. The molecule has 2 amide bonds. The van der Waals surface area contributed by atoms with E-state index in [9.17, 15) is 27.6 Å². The third-order valence-corrected chi connectivity index (χ3v) is 5.64. The number of alkyl halides is 3. The largest absolute Gasteiger partial charge is 0.444 e. The van der Waals surface area contributed by atoms with Crippen molar-refractivity contribution in [2.24, 2.45) is 0 Å². The van der Waals surface area contributed by atoms with Gasteiger partial charge in [0.1, 0.15) is 11.3 Å². The van der Waals surface area contributed by atoms with E-state index in [1.807, 2.05) is 0 Å². The molecule has 0 fully saturated rings. The van der Waals surface area contributed by atoms with E-state index < -0.39 is 29.5 Å². The van der Waals surface area contributed by atoms with Crippen LogP contribution in [0.3, 0.4) is 0 Å². The lowest BCUT2D eigenvalue weighted by atomic mass is 10.0. The zero-order valence-electron chi connectivity index (χ0n) is 22.5. The van der Waals surface area contributed by atoms with Gasteiger partial charge in [0.05, 0.1) is 5.69 Å². The van der Waals surface area contributed by atoms with Crippen LogP contribution in [0.15, 0.2) is 84.9 Å². The molecule has 0 atom stereocenters. The highest BCUT2D eigenvalue weighted by molar-refractivity contribution is 6.10. The van der Waals surface area contributed by atoms with Crippen LogP contribution in [0.4, 0.5) is 23.7 Å². The van der Waals surface area contributed by atoms with Crippen molar-refractivity contribution in [2.45, 2.75) is 39.1 Å². The summed E-state index contributed by atoms with van der Waals surface area (Å²) in [5, 5.41) is 8.79. The number of anilines is 1. The lowest BCUT2D eigenvalue weighted by Gasteiger charge is -2.19. The van der Waals surface area contributed by atoms with Gasteiger partial charge in [-0.15, -0.1) is 0 Å². The standard InChI is InChI=1S/C30H27F3N4O4/c1-29(2,3)41-28(40)34-18-19-9-7-14-23(15-19)37-24(17-25(36-37)30(31,32)33)27(39)35-22-13-8-12-21(16-22)26(38)20-10-5-4-6-11-20/h4-17H,18H2,1-3H3,(H,34,40)(H,35,39). The smallest absolute Gasteiger partial charge is 0.435 e. The van der Waals surface area contributed by atoms with Gasteiger partial charge in [0.2, 0.25) is 0 Å². The van der Waals surface area contributed by atoms with E-state index in [-0.39, 0.29) is 29.4 Å². The van der Waals surface area contributed by atoms with Gasteiger partial charge in [-0.1, -0.05) is 54.6 Å². The molecular formula is C30H27F3N4O4. The molecule has 41 heavy (non-hydrogen) atoms. The predicted molar refractivity (Wildman–Crippen MR) is 146 cm³/mol. The molecule has 212 valence electrons. The summed E-state index contributed by atoms with van der Waals surface area (Å²) >= 11 is 0. The number of carbonyl (C=O) groups is 3. The monoisotopic (exact) mass is 564 g/mol. The van der Waals surface area contributed by atoms with Crippen LogP contribution in [0.1, 0.15) is 58.4 Å². The Morgan fingerprint density at radius 2 is 1.54 bits per heavy atom. The van der Waals surface area contributed by atoms with Gasteiger partial charge in [-0.05, 0) is 50.6 Å².